The Morgan fingerprint density at radius 1 is 1.13 bits per heavy atom. The second kappa shape index (κ2) is 14.9. The molecule has 9 heteroatoms. The molecule has 1 saturated heterocycles. The van der Waals surface area contributed by atoms with Crippen LogP contribution in [0.3, 0.4) is 0 Å². The summed E-state index contributed by atoms with van der Waals surface area (Å²) in [4.78, 5) is 31.9. The van der Waals surface area contributed by atoms with Crippen molar-refractivity contribution in [3.05, 3.63) is 78.0 Å². The maximum atomic E-state index is 12.5. The number of oxazole rings is 1. The minimum absolute atomic E-state index is 0.152. The van der Waals surface area contributed by atoms with Crippen LogP contribution in [0.25, 0.3) is 17.0 Å². The standard InChI is InChI=1S/C30H35N3O6/c34-28(35)10-3-1-2-9-26(24-7-6-15-31-19-24)22-11-13-23(14-12-22)30-33-27(21-39-30)29(36)32-16-18-37-20-25-8-4-5-17-38-25/h6-7,9,11-15,19,21,25H,1-5,8,10,16-18,20H2,(H,32,36)(H,34,35). The van der Waals surface area contributed by atoms with Crippen LogP contribution in [0.5, 0.6) is 0 Å². The maximum absolute atomic E-state index is 12.5. The summed E-state index contributed by atoms with van der Waals surface area (Å²) >= 11 is 0. The molecule has 0 saturated carbocycles. The topological polar surface area (TPSA) is 124 Å². The lowest BCUT2D eigenvalue weighted by molar-refractivity contribution is -0.137. The summed E-state index contributed by atoms with van der Waals surface area (Å²) in [6, 6.07) is 11.6. The number of nitrogens with zero attached hydrogens (tertiary/aromatic N) is 2. The lowest BCUT2D eigenvalue weighted by Crippen LogP contribution is -2.30. The molecule has 3 heterocycles. The zero-order valence-electron chi connectivity index (χ0n) is 22.0. The van der Waals surface area contributed by atoms with E-state index in [4.69, 9.17) is 19.0 Å². The number of ether oxygens (including phenoxy) is 2. The summed E-state index contributed by atoms with van der Waals surface area (Å²) < 4.78 is 16.8. The fourth-order valence-corrected chi connectivity index (χ4v) is 4.38. The molecule has 1 amide bonds. The molecule has 2 N–H and O–H groups in total. The lowest BCUT2D eigenvalue weighted by atomic mass is 9.96. The first kappa shape index (κ1) is 28.2. The second-order valence-corrected chi connectivity index (χ2v) is 9.43. The number of pyridine rings is 1. The molecule has 0 radical (unpaired) electrons. The first-order valence-electron chi connectivity index (χ1n) is 13.5. The highest BCUT2D eigenvalue weighted by atomic mass is 16.5. The van der Waals surface area contributed by atoms with Gasteiger partial charge in [-0.2, -0.15) is 0 Å². The smallest absolute Gasteiger partial charge is 0.303 e. The van der Waals surface area contributed by atoms with Crippen molar-refractivity contribution in [3.63, 3.8) is 0 Å². The number of nitrogens with one attached hydrogen (secondary N) is 1. The maximum Gasteiger partial charge on any atom is 0.303 e. The van der Waals surface area contributed by atoms with E-state index in [1.807, 2.05) is 42.6 Å². The van der Waals surface area contributed by atoms with Gasteiger partial charge in [-0.1, -0.05) is 24.3 Å². The third-order valence-corrected chi connectivity index (χ3v) is 6.46. The minimum Gasteiger partial charge on any atom is -0.481 e. The van der Waals surface area contributed by atoms with E-state index in [1.54, 1.807) is 6.20 Å². The lowest BCUT2D eigenvalue weighted by Gasteiger charge is -2.22. The molecule has 3 aromatic rings. The highest BCUT2D eigenvalue weighted by Crippen LogP contribution is 2.27. The van der Waals surface area contributed by atoms with Crippen molar-refractivity contribution < 1.29 is 28.6 Å². The van der Waals surface area contributed by atoms with Gasteiger partial charge in [0.2, 0.25) is 5.89 Å². The van der Waals surface area contributed by atoms with Crippen LogP contribution >= 0.6 is 0 Å². The Hall–Kier alpha value is -3.82. The molecule has 1 unspecified atom stereocenters. The van der Waals surface area contributed by atoms with E-state index in [2.05, 4.69) is 21.4 Å². The van der Waals surface area contributed by atoms with Crippen LogP contribution in [0.2, 0.25) is 0 Å². The van der Waals surface area contributed by atoms with Gasteiger partial charge < -0.3 is 24.3 Å². The number of carboxylic acids is 1. The molecule has 2 aromatic heterocycles. The Morgan fingerprint density at radius 3 is 2.74 bits per heavy atom. The summed E-state index contributed by atoms with van der Waals surface area (Å²) in [7, 11) is 0. The Bertz CT molecular complexity index is 1220. The monoisotopic (exact) mass is 533 g/mol. The largest absolute Gasteiger partial charge is 0.481 e. The predicted octanol–water partition coefficient (Wildman–Crippen LogP) is 5.13. The van der Waals surface area contributed by atoms with E-state index in [-0.39, 0.29) is 24.1 Å². The minimum atomic E-state index is -0.774. The normalized spacial score (nSPS) is 15.7. The van der Waals surface area contributed by atoms with Crippen molar-refractivity contribution in [2.75, 3.05) is 26.4 Å². The van der Waals surface area contributed by atoms with Gasteiger partial charge in [0, 0.05) is 43.1 Å². The molecule has 1 fully saturated rings. The average Bonchev–Trinajstić information content (AvgIpc) is 3.46. The van der Waals surface area contributed by atoms with Crippen molar-refractivity contribution in [1.82, 2.24) is 15.3 Å². The quantitative estimate of drug-likeness (QED) is 0.273. The Kier molecular flexibility index (Phi) is 10.8. The Labute approximate surface area is 228 Å². The Balaban J connectivity index is 1.32. The van der Waals surface area contributed by atoms with Gasteiger partial charge in [0.1, 0.15) is 6.26 Å². The number of carboxylic acid groups (broad SMARTS) is 1. The number of hydrogen-bond donors (Lipinski definition) is 2. The Morgan fingerprint density at radius 2 is 2.00 bits per heavy atom. The van der Waals surface area contributed by atoms with Gasteiger partial charge in [-0.3, -0.25) is 14.6 Å². The van der Waals surface area contributed by atoms with E-state index in [1.165, 1.54) is 12.7 Å². The van der Waals surface area contributed by atoms with E-state index < -0.39 is 5.97 Å². The highest BCUT2D eigenvalue weighted by Gasteiger charge is 2.15. The van der Waals surface area contributed by atoms with Crippen LogP contribution in [-0.2, 0) is 14.3 Å². The summed E-state index contributed by atoms with van der Waals surface area (Å²) in [5.41, 5.74) is 3.96. The van der Waals surface area contributed by atoms with Crippen LogP contribution in [0.4, 0.5) is 0 Å². The molecule has 0 bridgehead atoms. The van der Waals surface area contributed by atoms with Crippen LogP contribution in [0.15, 0.2) is 65.5 Å². The van der Waals surface area contributed by atoms with Crippen molar-refractivity contribution in [2.24, 2.45) is 0 Å². The molecule has 1 atom stereocenters. The third kappa shape index (κ3) is 8.87. The third-order valence-electron chi connectivity index (χ3n) is 6.46. The van der Waals surface area contributed by atoms with Crippen molar-refractivity contribution >= 4 is 17.4 Å². The number of aliphatic carboxylic acids is 1. The average molecular weight is 534 g/mol. The fourth-order valence-electron chi connectivity index (χ4n) is 4.38. The molecule has 206 valence electrons. The zero-order valence-corrected chi connectivity index (χ0v) is 22.0. The molecule has 1 aliphatic rings. The molecule has 1 aromatic carbocycles. The van der Waals surface area contributed by atoms with Crippen molar-refractivity contribution in [2.45, 2.75) is 51.0 Å². The van der Waals surface area contributed by atoms with Crippen molar-refractivity contribution in [3.8, 4) is 11.5 Å². The van der Waals surface area contributed by atoms with Gasteiger partial charge >= 0.3 is 5.97 Å². The van der Waals surface area contributed by atoms with E-state index in [9.17, 15) is 9.59 Å². The number of benzene rings is 1. The number of unbranched alkanes of at least 4 members (excludes halogenated alkanes) is 2. The molecule has 9 nitrogen and oxygen atoms in total. The summed E-state index contributed by atoms with van der Waals surface area (Å²) in [6.45, 7) is 2.12. The van der Waals surface area contributed by atoms with Gasteiger partial charge in [-0.25, -0.2) is 4.98 Å². The molecule has 0 aliphatic carbocycles. The van der Waals surface area contributed by atoms with Crippen LogP contribution < -0.4 is 5.32 Å². The summed E-state index contributed by atoms with van der Waals surface area (Å²) in [6.07, 6.45) is 12.8. The molecule has 39 heavy (non-hydrogen) atoms. The van der Waals surface area contributed by atoms with E-state index in [0.717, 1.165) is 54.6 Å². The molecule has 4 rings (SSSR count). The van der Waals surface area contributed by atoms with Gasteiger partial charge in [0.25, 0.3) is 5.91 Å². The first-order chi connectivity index (χ1) is 19.1. The van der Waals surface area contributed by atoms with Gasteiger partial charge in [-0.15, -0.1) is 0 Å². The second-order valence-electron chi connectivity index (χ2n) is 9.43. The highest BCUT2D eigenvalue weighted by molar-refractivity contribution is 5.92. The SMILES string of the molecule is O=C(O)CCCCC=C(c1ccc(-c2nc(C(=O)NCCOCC3CCCCO3)co2)cc1)c1cccnc1. The molecular weight excluding hydrogens is 498 g/mol. The number of hydrogen-bond acceptors (Lipinski definition) is 7. The number of carbonyl (C=O) groups excluding carboxylic acids is 1. The predicted molar refractivity (Wildman–Crippen MR) is 146 cm³/mol. The number of aromatic nitrogens is 2. The molecule has 0 spiro atoms. The first-order valence-corrected chi connectivity index (χ1v) is 13.5. The number of allylic oxidation sites excluding steroid dienone is 1. The van der Waals surface area contributed by atoms with Crippen molar-refractivity contribution in [1.29, 1.82) is 0 Å². The fraction of sp³-hybridized carbons (Fsp3) is 0.400. The molecule has 1 aliphatic heterocycles. The van der Waals surface area contributed by atoms with Crippen LogP contribution in [0.1, 0.15) is 66.6 Å². The number of carbonyl (C=O) groups is 2. The summed E-state index contributed by atoms with van der Waals surface area (Å²) in [5, 5.41) is 11.7. The summed E-state index contributed by atoms with van der Waals surface area (Å²) in [5.74, 6) is -0.731. The van der Waals surface area contributed by atoms with Gasteiger partial charge in [0.05, 0.1) is 19.3 Å². The number of rotatable bonds is 14. The van der Waals surface area contributed by atoms with Gasteiger partial charge in [0.15, 0.2) is 5.69 Å². The van der Waals surface area contributed by atoms with E-state index in [0.29, 0.717) is 32.1 Å². The molecular formula is C30H35N3O6. The number of amides is 1. The van der Waals surface area contributed by atoms with Gasteiger partial charge in [-0.05, 0) is 67.9 Å². The zero-order chi connectivity index (χ0) is 27.3. The van der Waals surface area contributed by atoms with E-state index >= 15 is 0 Å². The van der Waals surface area contributed by atoms with Crippen LogP contribution in [-0.4, -0.2) is 59.4 Å². The van der Waals surface area contributed by atoms with Crippen LogP contribution in [0, 0.1) is 0 Å².